The predicted molar refractivity (Wildman–Crippen MR) is 71.6 cm³/mol. The Hall–Kier alpha value is -0.570. The average Bonchev–Trinajstić information content (AvgIpc) is 2.26. The first-order valence-electron chi connectivity index (χ1n) is 6.86. The molecule has 0 heterocycles. The summed E-state index contributed by atoms with van der Waals surface area (Å²) in [5.41, 5.74) is 5.95. The van der Waals surface area contributed by atoms with Gasteiger partial charge >= 0.3 is 0 Å². The van der Waals surface area contributed by atoms with Crippen LogP contribution in [-0.2, 0) is 4.79 Å². The Bertz CT molecular complexity index is 265. The minimum atomic E-state index is 0.181. The molecule has 0 aliphatic heterocycles. The van der Waals surface area contributed by atoms with Gasteiger partial charge in [0.25, 0.3) is 0 Å². The quantitative estimate of drug-likeness (QED) is 0.822. The molecule has 0 aromatic carbocycles. The summed E-state index contributed by atoms with van der Waals surface area (Å²) in [6.07, 6.45) is 2.93. The third-order valence-corrected chi connectivity index (χ3v) is 4.45. The van der Waals surface area contributed by atoms with Crippen LogP contribution >= 0.6 is 0 Å². The zero-order valence-electron chi connectivity index (χ0n) is 11.9. The van der Waals surface area contributed by atoms with Crippen LogP contribution < -0.4 is 5.73 Å². The van der Waals surface area contributed by atoms with E-state index < -0.39 is 0 Å². The molecule has 17 heavy (non-hydrogen) atoms. The molecular formula is C14H28N2O. The van der Waals surface area contributed by atoms with Crippen LogP contribution in [0.1, 0.15) is 47.0 Å². The maximum atomic E-state index is 12.4. The zero-order valence-corrected chi connectivity index (χ0v) is 11.9. The molecule has 1 rings (SSSR count). The molecule has 0 saturated heterocycles. The number of amides is 1. The number of carbonyl (C=O) groups excluding carboxylic acids is 1. The van der Waals surface area contributed by atoms with Gasteiger partial charge in [0.1, 0.15) is 0 Å². The molecule has 1 saturated carbocycles. The molecule has 0 aromatic heterocycles. The minimum Gasteiger partial charge on any atom is -0.343 e. The van der Waals surface area contributed by atoms with Crippen molar-refractivity contribution in [1.29, 1.82) is 0 Å². The molecule has 1 aliphatic rings. The second kappa shape index (κ2) is 5.85. The Kier molecular flexibility index (Phi) is 4.99. The summed E-state index contributed by atoms with van der Waals surface area (Å²) in [6, 6.07) is 0.604. The van der Waals surface area contributed by atoms with E-state index in [0.29, 0.717) is 29.8 Å². The summed E-state index contributed by atoms with van der Waals surface area (Å²) in [5, 5.41) is 0. The first-order valence-corrected chi connectivity index (χ1v) is 6.86. The summed E-state index contributed by atoms with van der Waals surface area (Å²) in [5.74, 6) is 1.42. The lowest BCUT2D eigenvalue weighted by molar-refractivity contribution is -0.139. The van der Waals surface area contributed by atoms with E-state index >= 15 is 0 Å². The van der Waals surface area contributed by atoms with Gasteiger partial charge in [0.05, 0.1) is 0 Å². The van der Waals surface area contributed by atoms with Gasteiger partial charge in [-0.05, 0) is 38.0 Å². The van der Waals surface area contributed by atoms with E-state index in [1.807, 2.05) is 11.9 Å². The van der Waals surface area contributed by atoms with Crippen molar-refractivity contribution in [2.24, 2.45) is 23.5 Å². The minimum absolute atomic E-state index is 0.181. The van der Waals surface area contributed by atoms with Gasteiger partial charge in [-0.3, -0.25) is 4.79 Å². The molecule has 1 aliphatic carbocycles. The fourth-order valence-electron chi connectivity index (χ4n) is 2.71. The molecule has 1 amide bonds. The topological polar surface area (TPSA) is 46.3 Å². The Labute approximate surface area is 106 Å². The van der Waals surface area contributed by atoms with Crippen molar-refractivity contribution in [2.75, 3.05) is 7.05 Å². The molecule has 100 valence electrons. The highest BCUT2D eigenvalue weighted by Crippen LogP contribution is 2.31. The third-order valence-electron chi connectivity index (χ3n) is 4.45. The van der Waals surface area contributed by atoms with Crippen LogP contribution in [0.3, 0.4) is 0 Å². The van der Waals surface area contributed by atoms with E-state index in [2.05, 4.69) is 27.7 Å². The Morgan fingerprint density at radius 1 is 1.29 bits per heavy atom. The fourth-order valence-corrected chi connectivity index (χ4v) is 2.71. The average molecular weight is 240 g/mol. The van der Waals surface area contributed by atoms with Crippen LogP contribution in [0.2, 0.25) is 0 Å². The Morgan fingerprint density at radius 2 is 1.88 bits per heavy atom. The van der Waals surface area contributed by atoms with Crippen molar-refractivity contribution < 1.29 is 4.79 Å². The molecular weight excluding hydrogens is 212 g/mol. The maximum absolute atomic E-state index is 12.4. The molecule has 3 nitrogen and oxygen atoms in total. The van der Waals surface area contributed by atoms with E-state index in [4.69, 9.17) is 5.73 Å². The van der Waals surface area contributed by atoms with E-state index in [1.54, 1.807) is 0 Å². The van der Waals surface area contributed by atoms with Gasteiger partial charge in [0.2, 0.25) is 5.91 Å². The Balaban J connectivity index is 2.63. The van der Waals surface area contributed by atoms with Crippen LogP contribution in [0.5, 0.6) is 0 Å². The van der Waals surface area contributed by atoms with Gasteiger partial charge in [0.15, 0.2) is 0 Å². The van der Waals surface area contributed by atoms with Gasteiger partial charge in [-0.2, -0.15) is 0 Å². The van der Waals surface area contributed by atoms with Crippen LogP contribution in [-0.4, -0.2) is 29.9 Å². The van der Waals surface area contributed by atoms with Gasteiger partial charge in [-0.15, -0.1) is 0 Å². The van der Waals surface area contributed by atoms with Crippen molar-refractivity contribution in [1.82, 2.24) is 4.90 Å². The lowest BCUT2D eigenvalue weighted by Gasteiger charge is -2.37. The van der Waals surface area contributed by atoms with Crippen molar-refractivity contribution >= 4 is 5.91 Å². The van der Waals surface area contributed by atoms with Crippen molar-refractivity contribution in [3.05, 3.63) is 0 Å². The van der Waals surface area contributed by atoms with E-state index in [1.165, 1.54) is 0 Å². The lowest BCUT2D eigenvalue weighted by atomic mass is 9.77. The summed E-state index contributed by atoms with van der Waals surface area (Å²) < 4.78 is 0. The summed E-state index contributed by atoms with van der Waals surface area (Å²) in [6.45, 7) is 8.61. The monoisotopic (exact) mass is 240 g/mol. The lowest BCUT2D eigenvalue weighted by Crippen LogP contribution is -2.46. The molecule has 2 N–H and O–H groups in total. The second-order valence-corrected chi connectivity index (χ2v) is 6.09. The number of rotatable bonds is 3. The maximum Gasteiger partial charge on any atom is 0.225 e. The highest BCUT2D eigenvalue weighted by Gasteiger charge is 2.34. The fraction of sp³-hybridized carbons (Fsp3) is 0.929. The second-order valence-electron chi connectivity index (χ2n) is 6.09. The molecule has 4 unspecified atom stereocenters. The summed E-state index contributed by atoms with van der Waals surface area (Å²) in [4.78, 5) is 14.4. The third kappa shape index (κ3) is 3.44. The number of nitrogens with zero attached hydrogens (tertiary/aromatic N) is 1. The van der Waals surface area contributed by atoms with Gasteiger partial charge < -0.3 is 10.6 Å². The van der Waals surface area contributed by atoms with E-state index in [0.717, 1.165) is 19.3 Å². The molecule has 0 spiro atoms. The molecule has 0 radical (unpaired) electrons. The van der Waals surface area contributed by atoms with Crippen molar-refractivity contribution in [3.63, 3.8) is 0 Å². The van der Waals surface area contributed by atoms with Crippen LogP contribution in [0.4, 0.5) is 0 Å². The standard InChI is InChI=1S/C14H28N2O/c1-9(2)11(4)16(5)14(17)13-7-6-12(15)8-10(13)3/h9-13H,6-8,15H2,1-5H3. The molecule has 4 atom stereocenters. The van der Waals surface area contributed by atoms with Crippen LogP contribution in [0.15, 0.2) is 0 Å². The molecule has 1 fully saturated rings. The number of nitrogens with two attached hydrogens (primary N) is 1. The SMILES string of the molecule is CC(C)C(C)N(C)C(=O)C1CCC(N)CC1C. The number of hydrogen-bond acceptors (Lipinski definition) is 2. The van der Waals surface area contributed by atoms with Crippen molar-refractivity contribution in [3.8, 4) is 0 Å². The first-order chi connectivity index (χ1) is 7.84. The number of carbonyl (C=O) groups is 1. The van der Waals surface area contributed by atoms with Gasteiger partial charge in [-0.1, -0.05) is 20.8 Å². The molecule has 3 heteroatoms. The van der Waals surface area contributed by atoms with Crippen LogP contribution in [0.25, 0.3) is 0 Å². The smallest absolute Gasteiger partial charge is 0.225 e. The highest BCUT2D eigenvalue weighted by molar-refractivity contribution is 5.79. The Morgan fingerprint density at radius 3 is 2.35 bits per heavy atom. The summed E-state index contributed by atoms with van der Waals surface area (Å²) >= 11 is 0. The normalized spacial score (nSPS) is 31.4. The largest absolute Gasteiger partial charge is 0.343 e. The van der Waals surface area contributed by atoms with E-state index in [9.17, 15) is 4.79 Å². The van der Waals surface area contributed by atoms with Crippen molar-refractivity contribution in [2.45, 2.75) is 59.0 Å². The highest BCUT2D eigenvalue weighted by atomic mass is 16.2. The number of hydrogen-bond donors (Lipinski definition) is 1. The molecule has 0 aromatic rings. The molecule has 0 bridgehead atoms. The first kappa shape index (κ1) is 14.5. The van der Waals surface area contributed by atoms with Gasteiger partial charge in [0, 0.05) is 25.0 Å². The zero-order chi connectivity index (χ0) is 13.2. The van der Waals surface area contributed by atoms with E-state index in [-0.39, 0.29) is 5.92 Å². The summed E-state index contributed by atoms with van der Waals surface area (Å²) in [7, 11) is 1.94. The van der Waals surface area contributed by atoms with Crippen LogP contribution in [0, 0.1) is 17.8 Å². The predicted octanol–water partition coefficient (Wildman–Crippen LogP) is 2.25. The van der Waals surface area contributed by atoms with Gasteiger partial charge in [-0.25, -0.2) is 0 Å².